The molecular formula is C20H35NO7. The zero-order valence-electron chi connectivity index (χ0n) is 17.0. The Hall–Kier alpha value is -1.66. The maximum Gasteiger partial charge on any atom is 0.308 e. The SMILES string of the molecule is C#CCCC(=O)NCCOCCOCCOCCOCCC(=O)OCCCC. The third-order valence-corrected chi connectivity index (χ3v) is 3.39. The second kappa shape index (κ2) is 21.6. The van der Waals surface area contributed by atoms with Crippen LogP contribution < -0.4 is 5.32 Å². The molecule has 0 aromatic carbocycles. The number of carbonyl (C=O) groups is 2. The molecule has 1 N–H and O–H groups in total. The van der Waals surface area contributed by atoms with E-state index >= 15 is 0 Å². The van der Waals surface area contributed by atoms with Crippen molar-refractivity contribution in [2.24, 2.45) is 0 Å². The molecule has 0 bridgehead atoms. The van der Waals surface area contributed by atoms with Crippen molar-refractivity contribution < 1.29 is 33.3 Å². The lowest BCUT2D eigenvalue weighted by atomic mass is 10.3. The summed E-state index contributed by atoms with van der Waals surface area (Å²) in [6.45, 7) is 6.49. The predicted molar refractivity (Wildman–Crippen MR) is 105 cm³/mol. The molecular weight excluding hydrogens is 366 g/mol. The van der Waals surface area contributed by atoms with Gasteiger partial charge in [0.2, 0.25) is 5.91 Å². The molecule has 0 radical (unpaired) electrons. The largest absolute Gasteiger partial charge is 0.466 e. The van der Waals surface area contributed by atoms with E-state index in [2.05, 4.69) is 11.2 Å². The molecule has 28 heavy (non-hydrogen) atoms. The Bertz CT molecular complexity index is 423. The topological polar surface area (TPSA) is 92.3 Å². The van der Waals surface area contributed by atoms with Gasteiger partial charge < -0.3 is 29.0 Å². The van der Waals surface area contributed by atoms with Gasteiger partial charge in [0.15, 0.2) is 0 Å². The van der Waals surface area contributed by atoms with Gasteiger partial charge in [-0.15, -0.1) is 12.3 Å². The van der Waals surface area contributed by atoms with Crippen LogP contribution in [0.4, 0.5) is 0 Å². The molecule has 0 heterocycles. The van der Waals surface area contributed by atoms with E-state index in [4.69, 9.17) is 30.1 Å². The fraction of sp³-hybridized carbons (Fsp3) is 0.800. The van der Waals surface area contributed by atoms with Crippen molar-refractivity contribution in [1.82, 2.24) is 5.32 Å². The Balaban J connectivity index is 3.15. The first-order chi connectivity index (χ1) is 13.7. The Morgan fingerprint density at radius 2 is 1.39 bits per heavy atom. The van der Waals surface area contributed by atoms with Gasteiger partial charge >= 0.3 is 5.97 Å². The first-order valence-corrected chi connectivity index (χ1v) is 9.87. The number of esters is 1. The second-order valence-electron chi connectivity index (χ2n) is 5.83. The van der Waals surface area contributed by atoms with Crippen LogP contribution in [-0.4, -0.2) is 77.9 Å². The third-order valence-electron chi connectivity index (χ3n) is 3.39. The van der Waals surface area contributed by atoms with Crippen molar-refractivity contribution in [2.45, 2.75) is 39.0 Å². The first kappa shape index (κ1) is 26.3. The quantitative estimate of drug-likeness (QED) is 0.187. The molecule has 0 aliphatic heterocycles. The van der Waals surface area contributed by atoms with Gasteiger partial charge in [0, 0.05) is 19.4 Å². The van der Waals surface area contributed by atoms with Gasteiger partial charge in [0.1, 0.15) is 0 Å². The molecule has 0 spiro atoms. The molecule has 0 fully saturated rings. The predicted octanol–water partition coefficient (Wildman–Crippen LogP) is 1.32. The average molecular weight is 402 g/mol. The lowest BCUT2D eigenvalue weighted by molar-refractivity contribution is -0.145. The number of unbranched alkanes of at least 4 members (excludes halogenated alkanes) is 1. The van der Waals surface area contributed by atoms with E-state index in [1.807, 2.05) is 6.92 Å². The highest BCUT2D eigenvalue weighted by atomic mass is 16.6. The first-order valence-electron chi connectivity index (χ1n) is 9.87. The summed E-state index contributed by atoms with van der Waals surface area (Å²) in [5.41, 5.74) is 0. The fourth-order valence-electron chi connectivity index (χ4n) is 1.86. The van der Waals surface area contributed by atoms with E-state index < -0.39 is 0 Å². The number of ether oxygens (including phenoxy) is 5. The van der Waals surface area contributed by atoms with Crippen molar-refractivity contribution in [2.75, 3.05) is 66.0 Å². The lowest BCUT2D eigenvalue weighted by Crippen LogP contribution is -2.27. The molecule has 0 aliphatic carbocycles. The smallest absolute Gasteiger partial charge is 0.308 e. The molecule has 0 aliphatic rings. The molecule has 1 amide bonds. The minimum Gasteiger partial charge on any atom is -0.466 e. The van der Waals surface area contributed by atoms with Gasteiger partial charge in [-0.2, -0.15) is 0 Å². The Labute approximate surface area is 168 Å². The van der Waals surface area contributed by atoms with Crippen molar-refractivity contribution >= 4 is 11.9 Å². The van der Waals surface area contributed by atoms with Crippen LogP contribution in [0.1, 0.15) is 39.0 Å². The third kappa shape index (κ3) is 20.6. The summed E-state index contributed by atoms with van der Waals surface area (Å²) in [6.07, 6.45) is 8.04. The molecule has 162 valence electrons. The van der Waals surface area contributed by atoms with E-state index in [1.54, 1.807) is 0 Å². The standard InChI is InChI=1S/C20H35NO7/c1-3-5-7-19(22)21-9-12-25-14-16-27-18-17-26-15-13-24-11-8-20(23)28-10-6-4-2/h1H,4-18H2,2H3,(H,21,22). The van der Waals surface area contributed by atoms with Crippen LogP contribution in [0.2, 0.25) is 0 Å². The molecule has 0 unspecified atom stereocenters. The van der Waals surface area contributed by atoms with Crippen LogP contribution in [0, 0.1) is 12.3 Å². The van der Waals surface area contributed by atoms with Crippen LogP contribution in [0.3, 0.4) is 0 Å². The van der Waals surface area contributed by atoms with Crippen molar-refractivity contribution in [3.8, 4) is 12.3 Å². The van der Waals surface area contributed by atoms with Gasteiger partial charge in [-0.1, -0.05) is 13.3 Å². The lowest BCUT2D eigenvalue weighted by Gasteiger charge is -2.08. The van der Waals surface area contributed by atoms with Gasteiger partial charge in [0.25, 0.3) is 0 Å². The minimum absolute atomic E-state index is 0.0640. The summed E-state index contributed by atoms with van der Waals surface area (Å²) < 4.78 is 26.4. The van der Waals surface area contributed by atoms with Crippen LogP contribution >= 0.6 is 0 Å². The number of amides is 1. The number of rotatable bonds is 20. The van der Waals surface area contributed by atoms with Gasteiger partial charge in [-0.25, -0.2) is 0 Å². The molecule has 0 saturated heterocycles. The number of nitrogens with one attached hydrogen (secondary N) is 1. The molecule has 0 atom stereocenters. The van der Waals surface area contributed by atoms with Crippen molar-refractivity contribution in [1.29, 1.82) is 0 Å². The van der Waals surface area contributed by atoms with Crippen LogP contribution in [0.25, 0.3) is 0 Å². The van der Waals surface area contributed by atoms with E-state index in [0.29, 0.717) is 78.8 Å². The second-order valence-corrected chi connectivity index (χ2v) is 5.83. The molecule has 0 rings (SSSR count). The zero-order chi connectivity index (χ0) is 20.7. The summed E-state index contributed by atoms with van der Waals surface area (Å²) in [4.78, 5) is 22.6. The number of hydrogen-bond acceptors (Lipinski definition) is 7. The van der Waals surface area contributed by atoms with Crippen LogP contribution in [-0.2, 0) is 33.3 Å². The average Bonchev–Trinajstić information content (AvgIpc) is 2.69. The number of carbonyl (C=O) groups excluding carboxylic acids is 2. The summed E-state index contributed by atoms with van der Waals surface area (Å²) in [6, 6.07) is 0. The Morgan fingerprint density at radius 1 is 0.821 bits per heavy atom. The highest BCUT2D eigenvalue weighted by molar-refractivity contribution is 5.76. The Morgan fingerprint density at radius 3 is 1.96 bits per heavy atom. The van der Waals surface area contributed by atoms with Gasteiger partial charge in [-0.3, -0.25) is 9.59 Å². The normalized spacial score (nSPS) is 10.4. The van der Waals surface area contributed by atoms with E-state index in [-0.39, 0.29) is 18.3 Å². The molecule has 0 aromatic heterocycles. The molecule has 8 heteroatoms. The van der Waals surface area contributed by atoms with Crippen LogP contribution in [0.5, 0.6) is 0 Å². The Kier molecular flexibility index (Phi) is 20.4. The molecule has 8 nitrogen and oxygen atoms in total. The van der Waals surface area contributed by atoms with Crippen molar-refractivity contribution in [3.05, 3.63) is 0 Å². The molecule has 0 saturated carbocycles. The van der Waals surface area contributed by atoms with E-state index in [9.17, 15) is 9.59 Å². The number of hydrogen-bond donors (Lipinski definition) is 1. The maximum absolute atomic E-state index is 11.3. The van der Waals surface area contributed by atoms with Gasteiger partial charge in [-0.05, 0) is 6.42 Å². The summed E-state index contributed by atoms with van der Waals surface area (Å²) in [5.74, 6) is 2.13. The summed E-state index contributed by atoms with van der Waals surface area (Å²) in [7, 11) is 0. The van der Waals surface area contributed by atoms with Crippen LogP contribution in [0.15, 0.2) is 0 Å². The van der Waals surface area contributed by atoms with Crippen molar-refractivity contribution in [3.63, 3.8) is 0 Å². The summed E-state index contributed by atoms with van der Waals surface area (Å²) in [5, 5.41) is 2.72. The maximum atomic E-state index is 11.3. The number of terminal acetylenes is 1. The van der Waals surface area contributed by atoms with E-state index in [0.717, 1.165) is 12.8 Å². The van der Waals surface area contributed by atoms with Gasteiger partial charge in [0.05, 0.1) is 65.9 Å². The minimum atomic E-state index is -0.226. The highest BCUT2D eigenvalue weighted by Crippen LogP contribution is 1.93. The monoisotopic (exact) mass is 401 g/mol. The summed E-state index contributed by atoms with van der Waals surface area (Å²) >= 11 is 0. The highest BCUT2D eigenvalue weighted by Gasteiger charge is 2.02. The van der Waals surface area contributed by atoms with E-state index in [1.165, 1.54) is 0 Å². The fourth-order valence-corrected chi connectivity index (χ4v) is 1.86. The molecule has 0 aromatic rings. The zero-order valence-corrected chi connectivity index (χ0v) is 17.0.